The molecular formula is C27H27NO7. The van der Waals surface area contributed by atoms with Gasteiger partial charge in [0, 0.05) is 29.6 Å². The van der Waals surface area contributed by atoms with Gasteiger partial charge in [0.15, 0.2) is 29.6 Å². The van der Waals surface area contributed by atoms with Crippen molar-refractivity contribution in [2.45, 2.75) is 20.4 Å². The van der Waals surface area contributed by atoms with Crippen molar-refractivity contribution < 1.29 is 33.3 Å². The molecule has 0 aliphatic carbocycles. The molecule has 0 saturated heterocycles. The maximum Gasteiger partial charge on any atom is 0.331 e. The molecule has 0 N–H and O–H groups in total. The zero-order valence-electron chi connectivity index (χ0n) is 20.1. The second-order valence-electron chi connectivity index (χ2n) is 8.04. The van der Waals surface area contributed by atoms with E-state index in [9.17, 15) is 9.59 Å². The highest BCUT2D eigenvalue weighted by Gasteiger charge is 2.18. The van der Waals surface area contributed by atoms with E-state index >= 15 is 0 Å². The van der Waals surface area contributed by atoms with Gasteiger partial charge in [0.2, 0.25) is 12.6 Å². The van der Waals surface area contributed by atoms with E-state index in [4.69, 9.17) is 23.7 Å². The Bertz CT molecular complexity index is 1290. The van der Waals surface area contributed by atoms with E-state index in [1.807, 2.05) is 42.7 Å². The van der Waals surface area contributed by atoms with Crippen LogP contribution in [0.1, 0.15) is 32.9 Å². The molecule has 1 aromatic heterocycles. The summed E-state index contributed by atoms with van der Waals surface area (Å²) in [5.74, 6) is 1.72. The summed E-state index contributed by atoms with van der Waals surface area (Å²) in [6.45, 7) is 4.28. The first-order chi connectivity index (χ1) is 16.9. The molecule has 8 nitrogen and oxygen atoms in total. The van der Waals surface area contributed by atoms with Crippen LogP contribution in [0.3, 0.4) is 0 Å². The fourth-order valence-corrected chi connectivity index (χ4v) is 3.93. The third-order valence-corrected chi connectivity index (χ3v) is 5.82. The molecule has 182 valence electrons. The molecule has 1 aliphatic heterocycles. The van der Waals surface area contributed by atoms with Crippen molar-refractivity contribution in [3.63, 3.8) is 0 Å². The highest BCUT2D eigenvalue weighted by atomic mass is 16.7. The monoisotopic (exact) mass is 477 g/mol. The molecule has 0 radical (unpaired) electrons. The molecule has 0 amide bonds. The van der Waals surface area contributed by atoms with E-state index in [1.54, 1.807) is 31.4 Å². The first kappa shape index (κ1) is 23.9. The number of rotatable bonds is 9. The Hall–Kier alpha value is -4.20. The average molecular weight is 478 g/mol. The van der Waals surface area contributed by atoms with Gasteiger partial charge in [0.1, 0.15) is 0 Å². The van der Waals surface area contributed by atoms with Gasteiger partial charge in [-0.15, -0.1) is 0 Å². The van der Waals surface area contributed by atoms with Crippen molar-refractivity contribution >= 4 is 17.8 Å². The van der Waals surface area contributed by atoms with E-state index in [2.05, 4.69) is 0 Å². The molecule has 2 heterocycles. The Morgan fingerprint density at radius 3 is 2.51 bits per heavy atom. The van der Waals surface area contributed by atoms with Crippen molar-refractivity contribution in [3.8, 4) is 23.0 Å². The molecule has 3 aromatic rings. The predicted octanol–water partition coefficient (Wildman–Crippen LogP) is 4.34. The number of nitrogens with zero attached hydrogens (tertiary/aromatic N) is 1. The summed E-state index contributed by atoms with van der Waals surface area (Å²) in [5, 5.41) is 0. The van der Waals surface area contributed by atoms with Gasteiger partial charge in [-0.3, -0.25) is 4.79 Å². The number of carbonyl (C=O) groups is 2. The molecule has 1 aliphatic rings. The third kappa shape index (κ3) is 5.32. The average Bonchev–Trinajstić information content (AvgIpc) is 3.45. The summed E-state index contributed by atoms with van der Waals surface area (Å²) in [4.78, 5) is 25.0. The van der Waals surface area contributed by atoms with Gasteiger partial charge >= 0.3 is 5.97 Å². The van der Waals surface area contributed by atoms with E-state index in [0.29, 0.717) is 29.4 Å². The molecule has 0 saturated carbocycles. The Balaban J connectivity index is 1.37. The molecule has 0 atom stereocenters. The smallest absolute Gasteiger partial charge is 0.331 e. The van der Waals surface area contributed by atoms with Crippen molar-refractivity contribution in [2.24, 2.45) is 0 Å². The zero-order chi connectivity index (χ0) is 24.9. The standard InChI is InChI=1S/C27H27NO7/c1-17-11-21(18(2)28(17)14-20-6-9-24-26(13-20)35-16-34-24)22(29)15-33-27(30)10-7-19-5-8-23(31-3)25(12-19)32-4/h5-13H,14-16H2,1-4H3. The summed E-state index contributed by atoms with van der Waals surface area (Å²) in [6, 6.07) is 12.9. The van der Waals surface area contributed by atoms with Crippen LogP contribution in [0.4, 0.5) is 0 Å². The van der Waals surface area contributed by atoms with Crippen molar-refractivity contribution in [1.82, 2.24) is 4.57 Å². The minimum Gasteiger partial charge on any atom is -0.493 e. The lowest BCUT2D eigenvalue weighted by Crippen LogP contribution is -2.13. The Kier molecular flexibility index (Phi) is 7.10. The SMILES string of the molecule is COc1ccc(C=CC(=O)OCC(=O)c2cc(C)n(Cc3ccc4c(c3)OCO4)c2C)cc1OC. The van der Waals surface area contributed by atoms with E-state index in [-0.39, 0.29) is 19.2 Å². The number of aromatic nitrogens is 1. The number of ketones is 1. The van der Waals surface area contributed by atoms with Gasteiger partial charge in [0.25, 0.3) is 0 Å². The summed E-state index contributed by atoms with van der Waals surface area (Å²) >= 11 is 0. The van der Waals surface area contributed by atoms with Crippen LogP contribution in [0.25, 0.3) is 6.08 Å². The van der Waals surface area contributed by atoms with Crippen LogP contribution in [0.15, 0.2) is 48.5 Å². The van der Waals surface area contributed by atoms with Crippen molar-refractivity contribution in [1.29, 1.82) is 0 Å². The zero-order valence-corrected chi connectivity index (χ0v) is 20.1. The number of aryl methyl sites for hydroxylation is 1. The molecule has 2 aromatic carbocycles. The topological polar surface area (TPSA) is 85.2 Å². The largest absolute Gasteiger partial charge is 0.493 e. The van der Waals surface area contributed by atoms with Gasteiger partial charge in [-0.1, -0.05) is 12.1 Å². The normalized spacial score (nSPS) is 12.1. The molecule has 35 heavy (non-hydrogen) atoms. The predicted molar refractivity (Wildman–Crippen MR) is 129 cm³/mol. The molecule has 8 heteroatoms. The lowest BCUT2D eigenvalue weighted by molar-refractivity contribution is -0.136. The number of ether oxygens (including phenoxy) is 5. The number of Topliss-reactive ketones (excluding diaryl/α,β-unsaturated/α-hetero) is 1. The van der Waals surface area contributed by atoms with Crippen molar-refractivity contribution in [3.05, 3.63) is 76.6 Å². The number of hydrogen-bond acceptors (Lipinski definition) is 7. The highest BCUT2D eigenvalue weighted by molar-refractivity contribution is 6.00. The van der Waals surface area contributed by atoms with E-state index in [1.165, 1.54) is 13.2 Å². The quantitative estimate of drug-likeness (QED) is 0.257. The molecular weight excluding hydrogens is 450 g/mol. The second kappa shape index (κ2) is 10.4. The minimum atomic E-state index is -0.609. The van der Waals surface area contributed by atoms with Gasteiger partial charge in [-0.2, -0.15) is 0 Å². The maximum absolute atomic E-state index is 12.8. The summed E-state index contributed by atoms with van der Waals surface area (Å²) in [7, 11) is 3.09. The van der Waals surface area contributed by atoms with E-state index < -0.39 is 5.97 Å². The number of methoxy groups -OCH3 is 2. The fourth-order valence-electron chi connectivity index (χ4n) is 3.93. The Morgan fingerprint density at radius 1 is 0.971 bits per heavy atom. The van der Waals surface area contributed by atoms with Gasteiger partial charge in [-0.05, 0) is 61.4 Å². The van der Waals surface area contributed by atoms with Crippen LogP contribution in [0.2, 0.25) is 0 Å². The number of esters is 1. The minimum absolute atomic E-state index is 0.223. The first-order valence-electron chi connectivity index (χ1n) is 11.0. The molecule has 0 unspecified atom stereocenters. The van der Waals surface area contributed by atoms with Crippen LogP contribution >= 0.6 is 0 Å². The van der Waals surface area contributed by atoms with E-state index in [0.717, 1.165) is 28.3 Å². The van der Waals surface area contributed by atoms with Gasteiger partial charge < -0.3 is 28.3 Å². The molecule has 0 spiro atoms. The van der Waals surface area contributed by atoms with Crippen LogP contribution < -0.4 is 18.9 Å². The molecule has 4 rings (SSSR count). The lowest BCUT2D eigenvalue weighted by atomic mass is 10.1. The maximum atomic E-state index is 12.8. The van der Waals surface area contributed by atoms with Crippen LogP contribution in [0.5, 0.6) is 23.0 Å². The van der Waals surface area contributed by atoms with Gasteiger partial charge in [-0.25, -0.2) is 4.79 Å². The number of carbonyl (C=O) groups excluding carboxylic acids is 2. The van der Waals surface area contributed by atoms with Crippen LogP contribution in [-0.2, 0) is 16.1 Å². The summed E-state index contributed by atoms with van der Waals surface area (Å²) in [6.07, 6.45) is 2.86. The second-order valence-corrected chi connectivity index (χ2v) is 8.04. The molecule has 0 bridgehead atoms. The Labute approximate surface area is 203 Å². The Morgan fingerprint density at radius 2 is 1.74 bits per heavy atom. The number of benzene rings is 2. The fraction of sp³-hybridized carbons (Fsp3) is 0.259. The van der Waals surface area contributed by atoms with Gasteiger partial charge in [0.05, 0.1) is 14.2 Å². The van der Waals surface area contributed by atoms with Crippen LogP contribution in [0, 0.1) is 13.8 Å². The number of fused-ring (bicyclic) bond motifs is 1. The third-order valence-electron chi connectivity index (χ3n) is 5.82. The highest BCUT2D eigenvalue weighted by Crippen LogP contribution is 2.33. The van der Waals surface area contributed by atoms with Crippen molar-refractivity contribution in [2.75, 3.05) is 27.6 Å². The molecule has 0 fully saturated rings. The number of hydrogen-bond donors (Lipinski definition) is 0. The lowest BCUT2D eigenvalue weighted by Gasteiger charge is -2.11. The summed E-state index contributed by atoms with van der Waals surface area (Å²) in [5.41, 5.74) is 4.03. The van der Waals surface area contributed by atoms with Crippen LogP contribution in [-0.4, -0.2) is 43.9 Å². The summed E-state index contributed by atoms with van der Waals surface area (Å²) < 4.78 is 28.5. The first-order valence-corrected chi connectivity index (χ1v) is 11.0.